The van der Waals surface area contributed by atoms with E-state index < -0.39 is 0 Å². The Kier molecular flexibility index (Phi) is 3.66. The minimum absolute atomic E-state index is 0.504. The Bertz CT molecular complexity index is 544. The van der Waals surface area contributed by atoms with E-state index >= 15 is 0 Å². The van der Waals surface area contributed by atoms with Gasteiger partial charge in [-0.05, 0) is 19.9 Å². The molecule has 0 aliphatic rings. The van der Waals surface area contributed by atoms with Crippen LogP contribution in [0.15, 0.2) is 18.3 Å². The molecule has 0 radical (unpaired) electrons. The summed E-state index contributed by atoms with van der Waals surface area (Å²) in [6.45, 7) is 4.32. The summed E-state index contributed by atoms with van der Waals surface area (Å²) in [6, 6.07) is 3.80. The van der Waals surface area contributed by atoms with E-state index in [1.165, 1.54) is 0 Å². The van der Waals surface area contributed by atoms with Gasteiger partial charge in [0, 0.05) is 18.3 Å². The minimum Gasteiger partial charge on any atom is -0.481 e. The fourth-order valence-electron chi connectivity index (χ4n) is 1.45. The third kappa shape index (κ3) is 2.71. The third-order valence-corrected chi connectivity index (χ3v) is 2.57. The van der Waals surface area contributed by atoms with E-state index in [-0.39, 0.29) is 0 Å². The Morgan fingerprint density at radius 1 is 1.22 bits per heavy atom. The topological polar surface area (TPSA) is 72.8 Å². The standard InChI is InChI=1S/C12H15N5O/c1-8-9(2)16-17-12(15-8)14-7-10-5-4-6-13-11(10)18-3/h4-6H,7H2,1-3H3,(H,14,15,17). The van der Waals surface area contributed by atoms with Gasteiger partial charge >= 0.3 is 0 Å². The number of hydrogen-bond acceptors (Lipinski definition) is 6. The van der Waals surface area contributed by atoms with Crippen molar-refractivity contribution in [3.05, 3.63) is 35.3 Å². The van der Waals surface area contributed by atoms with Crippen molar-refractivity contribution in [2.24, 2.45) is 0 Å². The zero-order valence-corrected chi connectivity index (χ0v) is 10.6. The highest BCUT2D eigenvalue weighted by atomic mass is 16.5. The summed E-state index contributed by atoms with van der Waals surface area (Å²) in [5.41, 5.74) is 2.65. The highest BCUT2D eigenvalue weighted by Crippen LogP contribution is 2.14. The lowest BCUT2D eigenvalue weighted by molar-refractivity contribution is 0.393. The summed E-state index contributed by atoms with van der Waals surface area (Å²) >= 11 is 0. The summed E-state index contributed by atoms with van der Waals surface area (Å²) in [5.74, 6) is 1.10. The van der Waals surface area contributed by atoms with Crippen LogP contribution in [0.25, 0.3) is 0 Å². The van der Waals surface area contributed by atoms with Gasteiger partial charge in [0.2, 0.25) is 11.8 Å². The number of aryl methyl sites for hydroxylation is 2. The lowest BCUT2D eigenvalue weighted by atomic mass is 10.3. The van der Waals surface area contributed by atoms with E-state index in [1.807, 2.05) is 26.0 Å². The van der Waals surface area contributed by atoms with Crippen molar-refractivity contribution < 1.29 is 4.74 Å². The molecule has 0 atom stereocenters. The van der Waals surface area contributed by atoms with E-state index in [2.05, 4.69) is 25.5 Å². The molecule has 2 aromatic heterocycles. The lowest BCUT2D eigenvalue weighted by Crippen LogP contribution is -2.08. The molecule has 0 bridgehead atoms. The van der Waals surface area contributed by atoms with Gasteiger partial charge in [0.25, 0.3) is 0 Å². The molecule has 94 valence electrons. The predicted molar refractivity (Wildman–Crippen MR) is 67.4 cm³/mol. The monoisotopic (exact) mass is 245 g/mol. The van der Waals surface area contributed by atoms with Crippen LogP contribution < -0.4 is 10.1 Å². The largest absolute Gasteiger partial charge is 0.481 e. The second-order valence-corrected chi connectivity index (χ2v) is 3.83. The fourth-order valence-corrected chi connectivity index (χ4v) is 1.45. The first kappa shape index (κ1) is 12.2. The van der Waals surface area contributed by atoms with E-state index in [4.69, 9.17) is 4.74 Å². The van der Waals surface area contributed by atoms with Crippen LogP contribution in [0.2, 0.25) is 0 Å². The average molecular weight is 245 g/mol. The van der Waals surface area contributed by atoms with Crippen molar-refractivity contribution in [2.45, 2.75) is 20.4 Å². The first-order chi connectivity index (χ1) is 8.70. The summed E-state index contributed by atoms with van der Waals surface area (Å²) < 4.78 is 5.17. The molecule has 0 amide bonds. The molecule has 0 aliphatic carbocycles. The molecule has 2 aromatic rings. The van der Waals surface area contributed by atoms with Crippen LogP contribution in [0.5, 0.6) is 5.88 Å². The normalized spacial score (nSPS) is 10.2. The van der Waals surface area contributed by atoms with Crippen LogP contribution in [0.4, 0.5) is 5.95 Å². The number of nitrogens with zero attached hydrogens (tertiary/aromatic N) is 4. The molecule has 2 rings (SSSR count). The van der Waals surface area contributed by atoms with Crippen LogP contribution in [0.1, 0.15) is 17.0 Å². The van der Waals surface area contributed by atoms with Crippen molar-refractivity contribution in [1.82, 2.24) is 20.2 Å². The number of aromatic nitrogens is 4. The van der Waals surface area contributed by atoms with Gasteiger partial charge in [0.05, 0.1) is 18.5 Å². The SMILES string of the molecule is COc1ncccc1CNc1nnc(C)c(C)n1. The number of hydrogen-bond donors (Lipinski definition) is 1. The van der Waals surface area contributed by atoms with E-state index in [9.17, 15) is 0 Å². The van der Waals surface area contributed by atoms with Gasteiger partial charge < -0.3 is 10.1 Å². The molecule has 6 heteroatoms. The molecule has 2 heterocycles. The van der Waals surface area contributed by atoms with Crippen LogP contribution in [-0.2, 0) is 6.54 Å². The number of nitrogens with one attached hydrogen (secondary N) is 1. The highest BCUT2D eigenvalue weighted by molar-refractivity contribution is 5.32. The second-order valence-electron chi connectivity index (χ2n) is 3.83. The molecule has 1 N–H and O–H groups in total. The Morgan fingerprint density at radius 3 is 2.78 bits per heavy atom. The van der Waals surface area contributed by atoms with Gasteiger partial charge in [-0.25, -0.2) is 9.97 Å². The number of rotatable bonds is 4. The van der Waals surface area contributed by atoms with Crippen molar-refractivity contribution in [3.63, 3.8) is 0 Å². The molecular formula is C12H15N5O. The molecule has 0 spiro atoms. The summed E-state index contributed by atoms with van der Waals surface area (Å²) in [6.07, 6.45) is 1.69. The number of pyridine rings is 1. The summed E-state index contributed by atoms with van der Waals surface area (Å²) in [7, 11) is 1.60. The zero-order chi connectivity index (χ0) is 13.0. The number of methoxy groups -OCH3 is 1. The Hall–Kier alpha value is -2.24. The maximum atomic E-state index is 5.17. The number of ether oxygens (including phenoxy) is 1. The molecule has 0 saturated heterocycles. The van der Waals surface area contributed by atoms with E-state index in [1.54, 1.807) is 13.3 Å². The third-order valence-electron chi connectivity index (χ3n) is 2.57. The summed E-state index contributed by atoms with van der Waals surface area (Å²) in [4.78, 5) is 8.42. The van der Waals surface area contributed by atoms with Crippen LogP contribution in [0.3, 0.4) is 0 Å². The van der Waals surface area contributed by atoms with Gasteiger partial charge in [-0.15, -0.1) is 5.10 Å². The molecule has 18 heavy (non-hydrogen) atoms. The van der Waals surface area contributed by atoms with Gasteiger partial charge in [-0.3, -0.25) is 0 Å². The molecule has 0 fully saturated rings. The molecule has 0 unspecified atom stereocenters. The van der Waals surface area contributed by atoms with Gasteiger partial charge in [-0.1, -0.05) is 6.07 Å². The van der Waals surface area contributed by atoms with E-state index in [0.29, 0.717) is 18.4 Å². The summed E-state index contributed by atoms with van der Waals surface area (Å²) in [5, 5.41) is 11.1. The Morgan fingerprint density at radius 2 is 2.06 bits per heavy atom. The first-order valence-corrected chi connectivity index (χ1v) is 5.60. The van der Waals surface area contributed by atoms with Gasteiger partial charge in [0.15, 0.2) is 0 Å². The van der Waals surface area contributed by atoms with Gasteiger partial charge in [0.1, 0.15) is 0 Å². The number of anilines is 1. The van der Waals surface area contributed by atoms with Crippen molar-refractivity contribution in [1.29, 1.82) is 0 Å². The second kappa shape index (κ2) is 5.39. The zero-order valence-electron chi connectivity index (χ0n) is 10.6. The average Bonchev–Trinajstić information content (AvgIpc) is 2.40. The molecule has 0 aliphatic heterocycles. The fraction of sp³-hybridized carbons (Fsp3) is 0.333. The van der Waals surface area contributed by atoms with Crippen LogP contribution in [0, 0.1) is 13.8 Å². The van der Waals surface area contributed by atoms with Crippen molar-refractivity contribution >= 4 is 5.95 Å². The smallest absolute Gasteiger partial charge is 0.243 e. The Balaban J connectivity index is 2.09. The van der Waals surface area contributed by atoms with Crippen molar-refractivity contribution in [3.8, 4) is 5.88 Å². The Labute approximate surface area is 105 Å². The molecule has 0 saturated carbocycles. The van der Waals surface area contributed by atoms with Gasteiger partial charge in [-0.2, -0.15) is 5.10 Å². The maximum Gasteiger partial charge on any atom is 0.243 e. The highest BCUT2D eigenvalue weighted by Gasteiger charge is 2.05. The minimum atomic E-state index is 0.504. The van der Waals surface area contributed by atoms with Crippen molar-refractivity contribution in [2.75, 3.05) is 12.4 Å². The quantitative estimate of drug-likeness (QED) is 0.880. The van der Waals surface area contributed by atoms with Crippen LogP contribution in [-0.4, -0.2) is 27.3 Å². The molecule has 6 nitrogen and oxygen atoms in total. The first-order valence-electron chi connectivity index (χ1n) is 5.60. The maximum absolute atomic E-state index is 5.17. The lowest BCUT2D eigenvalue weighted by Gasteiger charge is -2.08. The molecule has 0 aromatic carbocycles. The molecular weight excluding hydrogens is 230 g/mol. The van der Waals surface area contributed by atoms with Crippen LogP contribution >= 0.6 is 0 Å². The van der Waals surface area contributed by atoms with E-state index in [0.717, 1.165) is 17.0 Å². The predicted octanol–water partition coefficient (Wildman–Crippen LogP) is 1.50.